The lowest BCUT2D eigenvalue weighted by Crippen LogP contribution is -2.19. The number of hydrogen-bond donors (Lipinski definition) is 2. The summed E-state index contributed by atoms with van der Waals surface area (Å²) < 4.78 is 13.3. The van der Waals surface area contributed by atoms with Gasteiger partial charge in [0.1, 0.15) is 11.6 Å². The summed E-state index contributed by atoms with van der Waals surface area (Å²) in [7, 11) is 0. The normalized spacial score (nSPS) is 10.6. The molecule has 0 aliphatic rings. The van der Waals surface area contributed by atoms with Crippen molar-refractivity contribution in [3.05, 3.63) is 53.3 Å². The molecule has 3 N–H and O–H groups in total. The number of nitrogens with two attached hydrogens (primary N) is 1. The van der Waals surface area contributed by atoms with Gasteiger partial charge < -0.3 is 15.7 Å². The van der Waals surface area contributed by atoms with Crippen LogP contribution in [-0.4, -0.2) is 11.7 Å². The Kier molecular flexibility index (Phi) is 4.25. The first-order valence-corrected chi connectivity index (χ1v) is 6.62. The number of halogens is 1. The molecule has 0 atom stereocenters. The fourth-order valence-electron chi connectivity index (χ4n) is 2.34. The van der Waals surface area contributed by atoms with Crippen LogP contribution in [0.15, 0.2) is 36.4 Å². The fourth-order valence-corrected chi connectivity index (χ4v) is 2.34. The predicted molar refractivity (Wildman–Crippen MR) is 79.8 cm³/mol. The van der Waals surface area contributed by atoms with Crippen LogP contribution in [0.25, 0.3) is 0 Å². The Morgan fingerprint density at radius 2 is 1.90 bits per heavy atom. The van der Waals surface area contributed by atoms with Gasteiger partial charge in [0.2, 0.25) is 0 Å². The third-order valence-corrected chi connectivity index (χ3v) is 3.35. The summed E-state index contributed by atoms with van der Waals surface area (Å²) in [4.78, 5) is 2.02. The van der Waals surface area contributed by atoms with Gasteiger partial charge >= 0.3 is 0 Å². The number of anilines is 2. The third-order valence-electron chi connectivity index (χ3n) is 3.35. The van der Waals surface area contributed by atoms with Crippen molar-refractivity contribution in [3.8, 4) is 5.75 Å². The number of hydrogen-bond acceptors (Lipinski definition) is 3. The van der Waals surface area contributed by atoms with E-state index >= 15 is 0 Å². The molecule has 0 unspecified atom stereocenters. The molecule has 0 saturated heterocycles. The molecule has 2 aromatic rings. The molecule has 0 fully saturated rings. The quantitative estimate of drug-likeness (QED) is 0.897. The zero-order valence-electron chi connectivity index (χ0n) is 11.7. The molecule has 0 saturated carbocycles. The van der Waals surface area contributed by atoms with Crippen molar-refractivity contribution >= 4 is 11.4 Å². The highest BCUT2D eigenvalue weighted by Gasteiger charge is 2.14. The monoisotopic (exact) mass is 274 g/mol. The second-order valence-electron chi connectivity index (χ2n) is 4.69. The van der Waals surface area contributed by atoms with E-state index in [1.807, 2.05) is 24.8 Å². The van der Waals surface area contributed by atoms with E-state index in [2.05, 4.69) is 0 Å². The van der Waals surface area contributed by atoms with Crippen LogP contribution in [0.4, 0.5) is 15.8 Å². The highest BCUT2D eigenvalue weighted by atomic mass is 19.1. The number of rotatable bonds is 4. The molecule has 0 spiro atoms. The zero-order valence-corrected chi connectivity index (χ0v) is 11.7. The van der Waals surface area contributed by atoms with Gasteiger partial charge in [-0.2, -0.15) is 0 Å². The van der Waals surface area contributed by atoms with Gasteiger partial charge in [0, 0.05) is 30.5 Å². The molecule has 0 aromatic heterocycles. The summed E-state index contributed by atoms with van der Waals surface area (Å²) in [5.74, 6) is -0.0849. The Balaban J connectivity index is 2.55. The Hall–Kier alpha value is -2.07. The minimum atomic E-state index is -0.294. The number of phenolic OH excluding ortho intramolecular Hbond substituents is 1. The van der Waals surface area contributed by atoms with Crippen LogP contribution < -0.4 is 10.6 Å². The number of benzene rings is 2. The zero-order chi connectivity index (χ0) is 14.7. The van der Waals surface area contributed by atoms with E-state index in [4.69, 9.17) is 5.73 Å². The minimum absolute atomic E-state index is 0.209. The van der Waals surface area contributed by atoms with Gasteiger partial charge in [-0.3, -0.25) is 0 Å². The van der Waals surface area contributed by atoms with Gasteiger partial charge in [0.05, 0.1) is 0 Å². The first-order chi connectivity index (χ1) is 9.56. The van der Waals surface area contributed by atoms with Crippen molar-refractivity contribution in [2.75, 3.05) is 11.4 Å². The number of phenols is 1. The molecular weight excluding hydrogens is 255 g/mol. The maximum absolute atomic E-state index is 13.3. The summed E-state index contributed by atoms with van der Waals surface area (Å²) in [6.07, 6.45) is 0. The van der Waals surface area contributed by atoms with E-state index in [0.29, 0.717) is 6.54 Å². The maximum atomic E-state index is 13.3. The van der Waals surface area contributed by atoms with E-state index in [1.165, 1.54) is 12.1 Å². The Morgan fingerprint density at radius 1 is 1.15 bits per heavy atom. The molecule has 106 valence electrons. The molecule has 0 heterocycles. The van der Waals surface area contributed by atoms with Crippen molar-refractivity contribution in [3.63, 3.8) is 0 Å². The van der Waals surface area contributed by atoms with Crippen LogP contribution in [0.1, 0.15) is 18.1 Å². The van der Waals surface area contributed by atoms with Crippen molar-refractivity contribution < 1.29 is 9.50 Å². The summed E-state index contributed by atoms with van der Waals surface area (Å²) in [5.41, 5.74) is 9.26. The van der Waals surface area contributed by atoms with Crippen LogP contribution >= 0.6 is 0 Å². The number of aromatic hydroxyl groups is 1. The Morgan fingerprint density at radius 3 is 2.55 bits per heavy atom. The summed E-state index contributed by atoms with van der Waals surface area (Å²) in [6, 6.07) is 9.83. The minimum Gasteiger partial charge on any atom is -0.508 e. The highest BCUT2D eigenvalue weighted by molar-refractivity contribution is 5.70. The highest BCUT2D eigenvalue weighted by Crippen LogP contribution is 2.33. The molecule has 3 nitrogen and oxygen atoms in total. The lowest BCUT2D eigenvalue weighted by Gasteiger charge is -2.27. The van der Waals surface area contributed by atoms with Crippen LogP contribution in [0.5, 0.6) is 5.75 Å². The van der Waals surface area contributed by atoms with E-state index in [-0.39, 0.29) is 18.1 Å². The largest absolute Gasteiger partial charge is 0.508 e. The van der Waals surface area contributed by atoms with Crippen LogP contribution in [0, 0.1) is 12.7 Å². The van der Waals surface area contributed by atoms with Crippen LogP contribution in [0.2, 0.25) is 0 Å². The van der Waals surface area contributed by atoms with Crippen molar-refractivity contribution in [1.29, 1.82) is 0 Å². The molecular formula is C16H19FN2O. The molecule has 0 bridgehead atoms. The van der Waals surface area contributed by atoms with Crippen molar-refractivity contribution in [2.24, 2.45) is 5.73 Å². The molecule has 4 heteroatoms. The van der Waals surface area contributed by atoms with E-state index in [9.17, 15) is 9.50 Å². The SMILES string of the molecule is CCN(c1cc(O)ccc1C)c1ccc(F)cc1CN. The van der Waals surface area contributed by atoms with E-state index in [1.54, 1.807) is 18.2 Å². The predicted octanol–water partition coefficient (Wildman–Crippen LogP) is 3.46. The molecule has 2 aromatic carbocycles. The van der Waals surface area contributed by atoms with Crippen molar-refractivity contribution in [1.82, 2.24) is 0 Å². The van der Waals surface area contributed by atoms with Gasteiger partial charge in [-0.25, -0.2) is 4.39 Å². The summed E-state index contributed by atoms with van der Waals surface area (Å²) in [6.45, 7) is 4.95. The van der Waals surface area contributed by atoms with E-state index in [0.717, 1.165) is 22.5 Å². The van der Waals surface area contributed by atoms with Gasteiger partial charge in [-0.15, -0.1) is 0 Å². The topological polar surface area (TPSA) is 49.5 Å². The summed E-state index contributed by atoms with van der Waals surface area (Å²) >= 11 is 0. The first-order valence-electron chi connectivity index (χ1n) is 6.62. The lowest BCUT2D eigenvalue weighted by molar-refractivity contribution is 0.475. The summed E-state index contributed by atoms with van der Waals surface area (Å²) in [5, 5.41) is 9.69. The second kappa shape index (κ2) is 5.92. The number of nitrogens with zero attached hydrogens (tertiary/aromatic N) is 1. The average Bonchev–Trinajstić information content (AvgIpc) is 2.44. The first kappa shape index (κ1) is 14.3. The van der Waals surface area contributed by atoms with Gasteiger partial charge in [-0.05, 0) is 49.2 Å². The van der Waals surface area contributed by atoms with Gasteiger partial charge in [0.25, 0.3) is 0 Å². The van der Waals surface area contributed by atoms with Crippen LogP contribution in [0.3, 0.4) is 0 Å². The van der Waals surface area contributed by atoms with Gasteiger partial charge in [0.15, 0.2) is 0 Å². The molecule has 0 aliphatic heterocycles. The maximum Gasteiger partial charge on any atom is 0.123 e. The molecule has 0 radical (unpaired) electrons. The standard InChI is InChI=1S/C16H19FN2O/c1-3-19(16-9-14(20)6-4-11(16)2)15-7-5-13(17)8-12(15)10-18/h4-9,20H,3,10,18H2,1-2H3. The fraction of sp³-hybridized carbons (Fsp3) is 0.250. The number of aryl methyl sites for hydroxylation is 1. The Bertz CT molecular complexity index is 613. The molecule has 2 rings (SSSR count). The average molecular weight is 274 g/mol. The molecule has 20 heavy (non-hydrogen) atoms. The lowest BCUT2D eigenvalue weighted by atomic mass is 10.1. The van der Waals surface area contributed by atoms with Crippen LogP contribution in [-0.2, 0) is 6.54 Å². The Labute approximate surface area is 118 Å². The smallest absolute Gasteiger partial charge is 0.123 e. The second-order valence-corrected chi connectivity index (χ2v) is 4.69. The van der Waals surface area contributed by atoms with Crippen molar-refractivity contribution in [2.45, 2.75) is 20.4 Å². The van der Waals surface area contributed by atoms with E-state index < -0.39 is 0 Å². The molecule has 0 amide bonds. The third kappa shape index (κ3) is 2.75. The van der Waals surface area contributed by atoms with Gasteiger partial charge in [-0.1, -0.05) is 6.07 Å². The molecule has 0 aliphatic carbocycles.